The smallest absolute Gasteiger partial charge is 0.406 e. The molecule has 138 valence electrons. The van der Waals surface area contributed by atoms with E-state index in [-0.39, 0.29) is 22.9 Å². The number of alkyl halides is 3. The molecule has 1 heterocycles. The number of aromatic amines is 1. The molecule has 2 rings (SSSR count). The molecule has 0 unspecified atom stereocenters. The van der Waals surface area contributed by atoms with E-state index in [1.807, 2.05) is 13.8 Å². The molecule has 0 atom stereocenters. The highest BCUT2D eigenvalue weighted by Crippen LogP contribution is 2.24. The summed E-state index contributed by atoms with van der Waals surface area (Å²) in [5.74, 6) is -0.518. The van der Waals surface area contributed by atoms with Crippen molar-refractivity contribution in [2.24, 2.45) is 5.41 Å². The van der Waals surface area contributed by atoms with E-state index in [4.69, 9.17) is 4.74 Å². The molecule has 0 aliphatic heterocycles. The van der Waals surface area contributed by atoms with Gasteiger partial charge in [0.1, 0.15) is 5.75 Å². The molecule has 0 aliphatic carbocycles. The van der Waals surface area contributed by atoms with Crippen LogP contribution in [0, 0.1) is 5.41 Å². The van der Waals surface area contributed by atoms with Gasteiger partial charge in [0.25, 0.3) is 5.56 Å². The zero-order valence-corrected chi connectivity index (χ0v) is 14.1. The van der Waals surface area contributed by atoms with Crippen molar-refractivity contribution in [3.8, 4) is 5.75 Å². The van der Waals surface area contributed by atoms with E-state index in [2.05, 4.69) is 9.72 Å². The van der Waals surface area contributed by atoms with Crippen molar-refractivity contribution in [1.29, 1.82) is 0 Å². The van der Waals surface area contributed by atoms with Crippen LogP contribution in [0.5, 0.6) is 5.75 Å². The third-order valence-corrected chi connectivity index (χ3v) is 3.73. The van der Waals surface area contributed by atoms with Crippen molar-refractivity contribution in [2.75, 3.05) is 13.7 Å². The minimum absolute atomic E-state index is 0.0501. The minimum Gasteiger partial charge on any atom is -0.406 e. The van der Waals surface area contributed by atoms with Crippen LogP contribution in [-0.4, -0.2) is 29.6 Å². The molecule has 1 N–H and O–H groups in total. The van der Waals surface area contributed by atoms with Crippen molar-refractivity contribution < 1.29 is 22.6 Å². The fraction of sp³-hybridized carbons (Fsp3) is 0.500. The van der Waals surface area contributed by atoms with E-state index in [1.165, 1.54) is 6.07 Å². The maximum atomic E-state index is 12.5. The summed E-state index contributed by atoms with van der Waals surface area (Å²) in [6.45, 7) is 4.40. The van der Waals surface area contributed by atoms with Gasteiger partial charge in [-0.1, -0.05) is 13.8 Å². The summed E-state index contributed by atoms with van der Waals surface area (Å²) >= 11 is 0. The van der Waals surface area contributed by atoms with Crippen LogP contribution in [0.4, 0.5) is 13.2 Å². The van der Waals surface area contributed by atoms with Crippen LogP contribution in [0.1, 0.15) is 20.3 Å². The van der Waals surface area contributed by atoms with Gasteiger partial charge in [-0.25, -0.2) is 4.79 Å². The molecule has 1 aromatic heterocycles. The lowest BCUT2D eigenvalue weighted by molar-refractivity contribution is -0.274. The predicted octanol–water partition coefficient (Wildman–Crippen LogP) is 2.65. The molecule has 2 aromatic rings. The van der Waals surface area contributed by atoms with Gasteiger partial charge in [-0.15, -0.1) is 13.2 Å². The third-order valence-electron chi connectivity index (χ3n) is 3.73. The van der Waals surface area contributed by atoms with Gasteiger partial charge < -0.3 is 14.5 Å². The topological polar surface area (TPSA) is 73.3 Å². The number of hydrogen-bond donors (Lipinski definition) is 1. The van der Waals surface area contributed by atoms with Crippen molar-refractivity contribution in [1.82, 2.24) is 9.55 Å². The van der Waals surface area contributed by atoms with Crippen molar-refractivity contribution in [3.63, 3.8) is 0 Å². The SMILES string of the molecule is COCC(C)(C)CCn1c(=O)[nH]c2ccc(OC(F)(F)F)cc2c1=O. The Labute approximate surface area is 141 Å². The summed E-state index contributed by atoms with van der Waals surface area (Å²) < 4.78 is 46.9. The lowest BCUT2D eigenvalue weighted by Gasteiger charge is -2.23. The Bertz CT molecular complexity index is 868. The van der Waals surface area contributed by atoms with Crippen LogP contribution in [0.25, 0.3) is 10.9 Å². The van der Waals surface area contributed by atoms with Gasteiger partial charge in [-0.2, -0.15) is 0 Å². The number of methoxy groups -OCH3 is 1. The Kier molecular flexibility index (Phi) is 5.26. The van der Waals surface area contributed by atoms with Gasteiger partial charge in [0, 0.05) is 13.7 Å². The number of benzene rings is 1. The standard InChI is InChI=1S/C16H19F3N2O4/c1-15(2,9-24-3)6-7-21-13(22)11-8-10(25-16(17,18)19)4-5-12(11)20-14(21)23/h4-5,8H,6-7,9H2,1-3H3,(H,20,23). The van der Waals surface area contributed by atoms with Crippen LogP contribution in [0.2, 0.25) is 0 Å². The number of halogens is 3. The van der Waals surface area contributed by atoms with Gasteiger partial charge in [0.05, 0.1) is 17.5 Å². The molecule has 1 aromatic carbocycles. The molecule has 0 spiro atoms. The molecular formula is C16H19F3N2O4. The maximum Gasteiger partial charge on any atom is 0.573 e. The monoisotopic (exact) mass is 360 g/mol. The average Bonchev–Trinajstić information content (AvgIpc) is 2.46. The minimum atomic E-state index is -4.86. The van der Waals surface area contributed by atoms with Crippen LogP contribution in [0.15, 0.2) is 27.8 Å². The Morgan fingerprint density at radius 1 is 1.20 bits per heavy atom. The number of nitrogens with zero attached hydrogens (tertiary/aromatic N) is 1. The normalized spacial score (nSPS) is 12.6. The van der Waals surface area contributed by atoms with E-state index in [9.17, 15) is 22.8 Å². The summed E-state index contributed by atoms with van der Waals surface area (Å²) in [5, 5.41) is -0.0501. The molecule has 0 saturated heterocycles. The number of fused-ring (bicyclic) bond motifs is 1. The maximum absolute atomic E-state index is 12.5. The van der Waals surface area contributed by atoms with Gasteiger partial charge in [0.2, 0.25) is 0 Å². The molecule has 25 heavy (non-hydrogen) atoms. The Balaban J connectivity index is 2.41. The molecular weight excluding hydrogens is 341 g/mol. The second-order valence-electron chi connectivity index (χ2n) is 6.49. The van der Waals surface area contributed by atoms with E-state index in [0.29, 0.717) is 13.0 Å². The second kappa shape index (κ2) is 6.91. The fourth-order valence-corrected chi connectivity index (χ4v) is 2.51. The summed E-state index contributed by atoms with van der Waals surface area (Å²) in [7, 11) is 1.55. The fourth-order valence-electron chi connectivity index (χ4n) is 2.51. The van der Waals surface area contributed by atoms with Crippen molar-refractivity contribution in [3.05, 3.63) is 39.0 Å². The average molecular weight is 360 g/mol. The van der Waals surface area contributed by atoms with Crippen molar-refractivity contribution >= 4 is 10.9 Å². The molecule has 0 fully saturated rings. The van der Waals surface area contributed by atoms with E-state index < -0.39 is 23.4 Å². The van der Waals surface area contributed by atoms with E-state index in [0.717, 1.165) is 16.7 Å². The summed E-state index contributed by atoms with van der Waals surface area (Å²) in [6, 6.07) is 3.22. The predicted molar refractivity (Wildman–Crippen MR) is 85.8 cm³/mol. The van der Waals surface area contributed by atoms with Crippen LogP contribution in [0.3, 0.4) is 0 Å². The number of hydrogen-bond acceptors (Lipinski definition) is 4. The van der Waals surface area contributed by atoms with Crippen LogP contribution < -0.4 is 16.0 Å². The van der Waals surface area contributed by atoms with Gasteiger partial charge >= 0.3 is 12.1 Å². The first-order chi connectivity index (χ1) is 11.5. The van der Waals surface area contributed by atoms with Crippen LogP contribution >= 0.6 is 0 Å². The molecule has 6 nitrogen and oxygen atoms in total. The summed E-state index contributed by atoms with van der Waals surface area (Å²) in [6.07, 6.45) is -4.38. The van der Waals surface area contributed by atoms with E-state index >= 15 is 0 Å². The third kappa shape index (κ3) is 4.85. The quantitative estimate of drug-likeness (QED) is 0.860. The summed E-state index contributed by atoms with van der Waals surface area (Å²) in [4.78, 5) is 27.1. The highest BCUT2D eigenvalue weighted by atomic mass is 19.4. The van der Waals surface area contributed by atoms with Crippen molar-refractivity contribution in [2.45, 2.75) is 33.2 Å². The largest absolute Gasteiger partial charge is 0.573 e. The number of rotatable bonds is 6. The molecule has 9 heteroatoms. The first kappa shape index (κ1) is 19.0. The molecule has 0 amide bonds. The van der Waals surface area contributed by atoms with Gasteiger partial charge in [-0.05, 0) is 30.0 Å². The summed E-state index contributed by atoms with van der Waals surface area (Å²) in [5.41, 5.74) is -1.40. The zero-order valence-electron chi connectivity index (χ0n) is 14.1. The lowest BCUT2D eigenvalue weighted by atomic mass is 9.90. The molecule has 0 saturated carbocycles. The molecule has 0 bridgehead atoms. The first-order valence-electron chi connectivity index (χ1n) is 7.54. The van der Waals surface area contributed by atoms with E-state index in [1.54, 1.807) is 7.11 Å². The first-order valence-corrected chi connectivity index (χ1v) is 7.54. The number of nitrogens with one attached hydrogen (secondary N) is 1. The van der Waals surface area contributed by atoms with Gasteiger partial charge in [0.15, 0.2) is 0 Å². The Morgan fingerprint density at radius 3 is 2.48 bits per heavy atom. The number of ether oxygens (including phenoxy) is 2. The zero-order chi connectivity index (χ0) is 18.8. The highest BCUT2D eigenvalue weighted by molar-refractivity contribution is 5.78. The second-order valence-corrected chi connectivity index (χ2v) is 6.49. The number of aromatic nitrogens is 2. The Morgan fingerprint density at radius 2 is 1.88 bits per heavy atom. The highest BCUT2D eigenvalue weighted by Gasteiger charge is 2.31. The Hall–Kier alpha value is -2.29. The molecule has 0 radical (unpaired) electrons. The molecule has 0 aliphatic rings. The number of H-pyrrole nitrogens is 1. The van der Waals surface area contributed by atoms with Crippen LogP contribution in [-0.2, 0) is 11.3 Å². The van der Waals surface area contributed by atoms with Gasteiger partial charge in [-0.3, -0.25) is 9.36 Å². The lowest BCUT2D eigenvalue weighted by Crippen LogP contribution is -2.36.